The minimum Gasteiger partial charge on any atom is -0.342 e. The molecular formula is C22H24ClN5O2S. The predicted molar refractivity (Wildman–Crippen MR) is 124 cm³/mol. The Labute approximate surface area is 190 Å². The maximum absolute atomic E-state index is 12.6. The monoisotopic (exact) mass is 457 g/mol. The van der Waals surface area contributed by atoms with Crippen molar-refractivity contribution < 1.29 is 9.59 Å². The molecule has 0 saturated carbocycles. The van der Waals surface area contributed by atoms with Crippen LogP contribution in [0.1, 0.15) is 41.6 Å². The van der Waals surface area contributed by atoms with E-state index in [0.717, 1.165) is 5.56 Å². The van der Waals surface area contributed by atoms with E-state index in [2.05, 4.69) is 20.8 Å². The third-order valence-corrected chi connectivity index (χ3v) is 5.72. The number of halogens is 1. The Morgan fingerprint density at radius 3 is 2.65 bits per heavy atom. The average molecular weight is 458 g/mol. The number of aromatic nitrogens is 3. The number of rotatable bonds is 8. The lowest BCUT2D eigenvalue weighted by molar-refractivity contribution is -0.113. The summed E-state index contributed by atoms with van der Waals surface area (Å²) in [6.07, 6.45) is 0. The molecule has 2 N–H and O–H groups in total. The molecule has 1 aromatic heterocycles. The summed E-state index contributed by atoms with van der Waals surface area (Å²) in [6.45, 7) is 6.40. The molecule has 1 atom stereocenters. The summed E-state index contributed by atoms with van der Waals surface area (Å²) in [4.78, 5) is 24.8. The van der Waals surface area contributed by atoms with Gasteiger partial charge in [-0.25, -0.2) is 0 Å². The lowest BCUT2D eigenvalue weighted by atomic mass is 10.1. The smallest absolute Gasteiger partial charge is 0.251 e. The van der Waals surface area contributed by atoms with E-state index in [1.165, 1.54) is 11.8 Å². The summed E-state index contributed by atoms with van der Waals surface area (Å²) in [6, 6.07) is 14.1. The van der Waals surface area contributed by atoms with Crippen LogP contribution in [0.5, 0.6) is 0 Å². The number of benzene rings is 2. The fourth-order valence-corrected chi connectivity index (χ4v) is 4.05. The Hall–Kier alpha value is -2.84. The zero-order chi connectivity index (χ0) is 22.4. The van der Waals surface area contributed by atoms with Crippen LogP contribution < -0.4 is 10.6 Å². The lowest BCUT2D eigenvalue weighted by Crippen LogP contribution is -2.28. The number of anilines is 1. The molecule has 2 amide bonds. The number of nitrogens with one attached hydrogen (secondary N) is 2. The number of carbonyl (C=O) groups excluding carboxylic acids is 2. The minimum atomic E-state index is -0.338. The number of hydrogen-bond donors (Lipinski definition) is 2. The highest BCUT2D eigenvalue weighted by Crippen LogP contribution is 2.22. The molecule has 3 aromatic rings. The van der Waals surface area contributed by atoms with Gasteiger partial charge >= 0.3 is 0 Å². The quantitative estimate of drug-likeness (QED) is 0.487. The second-order valence-electron chi connectivity index (χ2n) is 7.00. The standard InChI is InChI=1S/C22H24ClN5O2S/c1-4-28-20(15(3)24-21(30)16-8-5-7-14(2)11-16)26-27-22(28)31-13-19(29)25-18-10-6-9-17(23)12-18/h5-12,15H,4,13H2,1-3H3,(H,24,30)(H,25,29)/t15-/m1/s1. The van der Waals surface area contributed by atoms with Crippen LogP contribution >= 0.6 is 23.4 Å². The van der Waals surface area contributed by atoms with Crippen LogP contribution in [0.15, 0.2) is 53.7 Å². The van der Waals surface area contributed by atoms with Crippen LogP contribution in [0, 0.1) is 6.92 Å². The molecule has 0 spiro atoms. The molecule has 0 bridgehead atoms. The Morgan fingerprint density at radius 1 is 1.16 bits per heavy atom. The molecule has 0 radical (unpaired) electrons. The third kappa shape index (κ3) is 6.08. The molecule has 31 heavy (non-hydrogen) atoms. The van der Waals surface area contributed by atoms with Gasteiger partial charge in [-0.1, -0.05) is 47.1 Å². The lowest BCUT2D eigenvalue weighted by Gasteiger charge is -2.15. The largest absolute Gasteiger partial charge is 0.342 e. The normalized spacial score (nSPS) is 11.7. The van der Waals surface area contributed by atoms with Gasteiger partial charge in [0.1, 0.15) is 0 Å². The third-order valence-electron chi connectivity index (χ3n) is 4.52. The average Bonchev–Trinajstić information content (AvgIpc) is 3.15. The number of aryl methyl sites for hydroxylation is 1. The molecule has 162 valence electrons. The van der Waals surface area contributed by atoms with Crippen molar-refractivity contribution in [3.8, 4) is 0 Å². The molecule has 0 fully saturated rings. The van der Waals surface area contributed by atoms with Crippen LogP contribution in [0.4, 0.5) is 5.69 Å². The van der Waals surface area contributed by atoms with Crippen molar-refractivity contribution in [2.75, 3.05) is 11.1 Å². The first-order valence-corrected chi connectivity index (χ1v) is 11.2. The fraction of sp³-hybridized carbons (Fsp3) is 0.273. The first kappa shape index (κ1) is 22.8. The SMILES string of the molecule is CCn1c(SCC(=O)Nc2cccc(Cl)c2)nnc1[C@@H](C)NC(=O)c1cccc(C)c1. The van der Waals surface area contributed by atoms with E-state index < -0.39 is 0 Å². The Morgan fingerprint density at radius 2 is 1.94 bits per heavy atom. The molecule has 3 rings (SSSR count). The van der Waals surface area contributed by atoms with E-state index >= 15 is 0 Å². The highest BCUT2D eigenvalue weighted by molar-refractivity contribution is 7.99. The second kappa shape index (κ2) is 10.5. The van der Waals surface area contributed by atoms with Crippen molar-refractivity contribution in [2.24, 2.45) is 0 Å². The molecule has 0 saturated heterocycles. The van der Waals surface area contributed by atoms with Gasteiger partial charge in [0.2, 0.25) is 5.91 Å². The van der Waals surface area contributed by atoms with Crippen LogP contribution in [-0.2, 0) is 11.3 Å². The topological polar surface area (TPSA) is 88.9 Å². The summed E-state index contributed by atoms with van der Waals surface area (Å²) < 4.78 is 1.90. The van der Waals surface area contributed by atoms with Crippen molar-refractivity contribution >= 4 is 40.9 Å². The van der Waals surface area contributed by atoms with Gasteiger partial charge in [-0.2, -0.15) is 0 Å². The van der Waals surface area contributed by atoms with Crippen molar-refractivity contribution in [1.82, 2.24) is 20.1 Å². The molecule has 1 heterocycles. The summed E-state index contributed by atoms with van der Waals surface area (Å²) in [5, 5.41) is 15.4. The van der Waals surface area contributed by atoms with Crippen LogP contribution in [0.2, 0.25) is 5.02 Å². The summed E-state index contributed by atoms with van der Waals surface area (Å²) in [5.74, 6) is 0.479. The van der Waals surface area contributed by atoms with Crippen LogP contribution in [0.3, 0.4) is 0 Å². The number of nitrogens with zero attached hydrogens (tertiary/aromatic N) is 3. The van der Waals surface area contributed by atoms with Gasteiger partial charge in [-0.15, -0.1) is 10.2 Å². The Bertz CT molecular complexity index is 1090. The molecular weight excluding hydrogens is 434 g/mol. The van der Waals surface area contributed by atoms with Crippen LogP contribution in [-0.4, -0.2) is 32.3 Å². The van der Waals surface area contributed by atoms with Crippen molar-refractivity contribution in [1.29, 1.82) is 0 Å². The first-order valence-electron chi connectivity index (χ1n) is 9.86. The van der Waals surface area contributed by atoms with E-state index in [9.17, 15) is 9.59 Å². The van der Waals surface area contributed by atoms with Gasteiger partial charge in [0.15, 0.2) is 11.0 Å². The van der Waals surface area contributed by atoms with E-state index in [-0.39, 0.29) is 23.6 Å². The molecule has 9 heteroatoms. The Balaban J connectivity index is 1.63. The second-order valence-corrected chi connectivity index (χ2v) is 8.38. The number of carbonyl (C=O) groups is 2. The van der Waals surface area contributed by atoms with Gasteiger partial charge in [-0.3, -0.25) is 9.59 Å². The van der Waals surface area contributed by atoms with Gasteiger partial charge in [0.25, 0.3) is 5.91 Å². The molecule has 0 aliphatic carbocycles. The molecule has 0 unspecified atom stereocenters. The van der Waals surface area contributed by atoms with Gasteiger partial charge in [-0.05, 0) is 51.1 Å². The van der Waals surface area contributed by atoms with Gasteiger partial charge in [0, 0.05) is 22.8 Å². The summed E-state index contributed by atoms with van der Waals surface area (Å²) in [7, 11) is 0. The van der Waals surface area contributed by atoms with Gasteiger partial charge < -0.3 is 15.2 Å². The van der Waals surface area contributed by atoms with Crippen molar-refractivity contribution in [3.63, 3.8) is 0 Å². The Kier molecular flexibility index (Phi) is 7.70. The number of thioether (sulfide) groups is 1. The van der Waals surface area contributed by atoms with Crippen molar-refractivity contribution in [2.45, 2.75) is 38.5 Å². The summed E-state index contributed by atoms with van der Waals surface area (Å²) >= 11 is 7.24. The van der Waals surface area contributed by atoms with E-state index in [1.54, 1.807) is 30.3 Å². The molecule has 0 aliphatic rings. The molecule has 7 nitrogen and oxygen atoms in total. The predicted octanol–water partition coefficient (Wildman–Crippen LogP) is 4.48. The molecule has 0 aliphatic heterocycles. The van der Waals surface area contributed by atoms with Crippen LogP contribution in [0.25, 0.3) is 0 Å². The zero-order valence-corrected chi connectivity index (χ0v) is 19.1. The van der Waals surface area contributed by atoms with E-state index in [0.29, 0.717) is 33.8 Å². The highest BCUT2D eigenvalue weighted by atomic mass is 35.5. The summed E-state index contributed by atoms with van der Waals surface area (Å²) in [5.41, 5.74) is 2.26. The highest BCUT2D eigenvalue weighted by Gasteiger charge is 2.20. The van der Waals surface area contributed by atoms with Crippen molar-refractivity contribution in [3.05, 3.63) is 70.5 Å². The number of amides is 2. The number of hydrogen-bond acceptors (Lipinski definition) is 5. The maximum Gasteiger partial charge on any atom is 0.251 e. The minimum absolute atomic E-state index is 0.166. The van der Waals surface area contributed by atoms with E-state index in [4.69, 9.17) is 11.6 Å². The molecule has 2 aromatic carbocycles. The first-order chi connectivity index (χ1) is 14.9. The fourth-order valence-electron chi connectivity index (χ4n) is 3.05. The van der Waals surface area contributed by atoms with Gasteiger partial charge in [0.05, 0.1) is 11.8 Å². The maximum atomic E-state index is 12.6. The zero-order valence-electron chi connectivity index (χ0n) is 17.6. The van der Waals surface area contributed by atoms with E-state index in [1.807, 2.05) is 43.5 Å².